The molecule has 3 rings (SSSR count). The lowest BCUT2D eigenvalue weighted by molar-refractivity contribution is -0.151. The van der Waals surface area contributed by atoms with E-state index in [1.165, 1.54) is 128 Å². The highest BCUT2D eigenvalue weighted by Crippen LogP contribution is 2.46. The Morgan fingerprint density at radius 3 is 0.978 bits per heavy atom. The fourth-order valence-electron chi connectivity index (χ4n) is 8.87. The molecule has 0 bridgehead atoms. The van der Waals surface area contributed by atoms with E-state index >= 15 is 0 Å². The topological polar surface area (TPSA) is 52.6 Å². The van der Waals surface area contributed by atoms with Crippen LogP contribution in [0.3, 0.4) is 0 Å². The van der Waals surface area contributed by atoms with Crippen molar-refractivity contribution in [1.29, 1.82) is 0 Å². The number of hydrogen-bond acceptors (Lipinski definition) is 4. The Morgan fingerprint density at radius 1 is 0.413 bits per heavy atom. The third kappa shape index (κ3) is 15.5. The molecule has 46 heavy (non-hydrogen) atoms. The molecule has 0 heterocycles. The van der Waals surface area contributed by atoms with Crippen LogP contribution in [-0.4, -0.2) is 25.2 Å². The van der Waals surface area contributed by atoms with Gasteiger partial charge in [0.1, 0.15) is 0 Å². The van der Waals surface area contributed by atoms with Gasteiger partial charge in [0.15, 0.2) is 0 Å². The molecule has 0 aromatic carbocycles. The monoisotopic (exact) mass is 641 g/mol. The number of carbonyl (C=O) groups excluding carboxylic acids is 2. The highest BCUT2D eigenvalue weighted by molar-refractivity contribution is 5.72. The fraction of sp³-hybridized carbons (Fsp3) is 0.857. The van der Waals surface area contributed by atoms with Crippen LogP contribution in [0.25, 0.3) is 0 Å². The SMILES string of the molecule is C=CCCCCCCCCCOC(=O)C1CCC(C2CCC(C3CCC(C(=O)OCCCCCCCCCC=C)CC3)CC2)CC1. The van der Waals surface area contributed by atoms with Crippen molar-refractivity contribution in [2.75, 3.05) is 13.2 Å². The number of esters is 2. The Hall–Kier alpha value is -1.58. The molecule has 0 atom stereocenters. The summed E-state index contributed by atoms with van der Waals surface area (Å²) >= 11 is 0. The summed E-state index contributed by atoms with van der Waals surface area (Å²) in [7, 11) is 0. The van der Waals surface area contributed by atoms with E-state index in [0.29, 0.717) is 13.2 Å². The van der Waals surface area contributed by atoms with Gasteiger partial charge in [-0.15, -0.1) is 13.2 Å². The standard InChI is InChI=1S/C42H72O4/c1-3-5-7-9-11-13-15-17-19-33-45-41(43)39-29-25-37(26-30-39)35-21-23-36(24-22-35)38-27-31-40(32-28-38)42(44)46-34-20-18-16-14-12-10-8-6-4-2/h3-4,35-40H,1-2,5-34H2. The number of hydrogen-bond donors (Lipinski definition) is 0. The van der Waals surface area contributed by atoms with Crippen LogP contribution in [0.15, 0.2) is 25.3 Å². The fourth-order valence-corrected chi connectivity index (χ4v) is 8.87. The Bertz CT molecular complexity index is 744. The first kappa shape index (κ1) is 38.9. The minimum atomic E-state index is 0.0760. The Kier molecular flexibility index (Phi) is 20.7. The molecule has 264 valence electrons. The first-order chi connectivity index (χ1) is 22.6. The molecule has 0 N–H and O–H groups in total. The first-order valence-corrected chi connectivity index (χ1v) is 20.2. The van der Waals surface area contributed by atoms with Crippen molar-refractivity contribution >= 4 is 11.9 Å². The minimum absolute atomic E-state index is 0.0760. The molecule has 0 amide bonds. The highest BCUT2D eigenvalue weighted by atomic mass is 16.5. The van der Waals surface area contributed by atoms with Crippen LogP contribution in [0.1, 0.15) is 180 Å². The van der Waals surface area contributed by atoms with Gasteiger partial charge in [0, 0.05) is 0 Å². The molecule has 0 radical (unpaired) electrons. The lowest BCUT2D eigenvalue weighted by atomic mass is 9.65. The van der Waals surface area contributed by atoms with E-state index in [1.807, 2.05) is 12.2 Å². The summed E-state index contributed by atoms with van der Waals surface area (Å²) < 4.78 is 11.4. The van der Waals surface area contributed by atoms with E-state index in [4.69, 9.17) is 9.47 Å². The average Bonchev–Trinajstić information content (AvgIpc) is 3.10. The zero-order valence-electron chi connectivity index (χ0n) is 29.9. The smallest absolute Gasteiger partial charge is 0.308 e. The second-order valence-electron chi connectivity index (χ2n) is 15.3. The molecule has 0 aromatic rings. The van der Waals surface area contributed by atoms with E-state index in [9.17, 15) is 9.59 Å². The number of allylic oxidation sites excluding steroid dienone is 2. The van der Waals surface area contributed by atoms with E-state index in [1.54, 1.807) is 0 Å². The van der Waals surface area contributed by atoms with Gasteiger partial charge in [-0.05, 0) is 139 Å². The summed E-state index contributed by atoms with van der Waals surface area (Å²) in [6.45, 7) is 8.80. The zero-order valence-corrected chi connectivity index (χ0v) is 29.9. The van der Waals surface area contributed by atoms with Crippen LogP contribution in [0.5, 0.6) is 0 Å². The number of unbranched alkanes of at least 4 members (excludes halogenated alkanes) is 14. The van der Waals surface area contributed by atoms with Crippen molar-refractivity contribution in [3.8, 4) is 0 Å². The summed E-state index contributed by atoms with van der Waals surface area (Å²) in [6.07, 6.45) is 38.0. The predicted molar refractivity (Wildman–Crippen MR) is 193 cm³/mol. The van der Waals surface area contributed by atoms with Crippen LogP contribution in [-0.2, 0) is 19.1 Å². The summed E-state index contributed by atoms with van der Waals surface area (Å²) in [5.41, 5.74) is 0. The van der Waals surface area contributed by atoms with Gasteiger partial charge in [-0.2, -0.15) is 0 Å². The third-order valence-electron chi connectivity index (χ3n) is 12.0. The van der Waals surface area contributed by atoms with Gasteiger partial charge in [0.25, 0.3) is 0 Å². The molecule has 3 fully saturated rings. The predicted octanol–water partition coefficient (Wildman–Crippen LogP) is 12.1. The van der Waals surface area contributed by atoms with Crippen LogP contribution < -0.4 is 0 Å². The van der Waals surface area contributed by atoms with Crippen molar-refractivity contribution in [3.05, 3.63) is 25.3 Å². The minimum Gasteiger partial charge on any atom is -0.465 e. The van der Waals surface area contributed by atoms with E-state index in [0.717, 1.165) is 75.0 Å². The summed E-state index contributed by atoms with van der Waals surface area (Å²) in [4.78, 5) is 25.3. The van der Waals surface area contributed by atoms with E-state index < -0.39 is 0 Å². The van der Waals surface area contributed by atoms with Crippen molar-refractivity contribution in [1.82, 2.24) is 0 Å². The van der Waals surface area contributed by atoms with Crippen molar-refractivity contribution in [2.45, 2.75) is 180 Å². The molecule has 0 saturated heterocycles. The van der Waals surface area contributed by atoms with Crippen LogP contribution >= 0.6 is 0 Å². The summed E-state index contributed by atoms with van der Waals surface area (Å²) in [5, 5.41) is 0. The average molecular weight is 641 g/mol. The third-order valence-corrected chi connectivity index (χ3v) is 12.0. The lowest BCUT2D eigenvalue weighted by Gasteiger charge is -2.41. The van der Waals surface area contributed by atoms with Crippen molar-refractivity contribution < 1.29 is 19.1 Å². The van der Waals surface area contributed by atoms with Gasteiger partial charge in [0.05, 0.1) is 25.0 Å². The second-order valence-corrected chi connectivity index (χ2v) is 15.3. The van der Waals surface area contributed by atoms with E-state index in [-0.39, 0.29) is 23.8 Å². The first-order valence-electron chi connectivity index (χ1n) is 20.2. The zero-order chi connectivity index (χ0) is 32.7. The lowest BCUT2D eigenvalue weighted by Crippen LogP contribution is -2.32. The van der Waals surface area contributed by atoms with Gasteiger partial charge in [-0.1, -0.05) is 76.4 Å². The van der Waals surface area contributed by atoms with Crippen LogP contribution in [0, 0.1) is 35.5 Å². The molecule has 0 aliphatic heterocycles. The highest BCUT2D eigenvalue weighted by Gasteiger charge is 2.37. The van der Waals surface area contributed by atoms with Crippen molar-refractivity contribution in [2.24, 2.45) is 35.5 Å². The van der Waals surface area contributed by atoms with Gasteiger partial charge in [-0.25, -0.2) is 0 Å². The Balaban J connectivity index is 1.17. The maximum absolute atomic E-state index is 12.7. The summed E-state index contributed by atoms with van der Waals surface area (Å²) in [5.74, 6) is 3.76. The van der Waals surface area contributed by atoms with Gasteiger partial charge < -0.3 is 9.47 Å². The number of rotatable bonds is 24. The van der Waals surface area contributed by atoms with Gasteiger partial charge in [0.2, 0.25) is 0 Å². The second kappa shape index (κ2) is 24.5. The maximum atomic E-state index is 12.7. The van der Waals surface area contributed by atoms with Crippen molar-refractivity contribution in [3.63, 3.8) is 0 Å². The maximum Gasteiger partial charge on any atom is 0.308 e. The molecular formula is C42H72O4. The molecule has 3 saturated carbocycles. The Labute approximate surface area is 284 Å². The number of carbonyl (C=O) groups is 2. The molecule has 4 nitrogen and oxygen atoms in total. The molecule has 3 aliphatic carbocycles. The Morgan fingerprint density at radius 2 is 0.674 bits per heavy atom. The number of ether oxygens (including phenoxy) is 2. The molecule has 3 aliphatic rings. The molecule has 4 heteroatoms. The molecule has 0 unspecified atom stereocenters. The van der Waals surface area contributed by atoms with Gasteiger partial charge in [-0.3, -0.25) is 9.59 Å². The summed E-state index contributed by atoms with van der Waals surface area (Å²) in [6, 6.07) is 0. The van der Waals surface area contributed by atoms with Gasteiger partial charge >= 0.3 is 11.9 Å². The molecule has 0 aromatic heterocycles. The van der Waals surface area contributed by atoms with Crippen LogP contribution in [0.4, 0.5) is 0 Å². The largest absolute Gasteiger partial charge is 0.465 e. The molecule has 0 spiro atoms. The quantitative estimate of drug-likeness (QED) is 0.0598. The molecular weight excluding hydrogens is 568 g/mol. The van der Waals surface area contributed by atoms with E-state index in [2.05, 4.69) is 13.2 Å². The normalized spacial score (nSPS) is 26.7. The van der Waals surface area contributed by atoms with Crippen LogP contribution in [0.2, 0.25) is 0 Å².